The highest BCUT2D eigenvalue weighted by Crippen LogP contribution is 2.23. The van der Waals surface area contributed by atoms with Gasteiger partial charge in [0.05, 0.1) is 0 Å². The van der Waals surface area contributed by atoms with Crippen molar-refractivity contribution in [3.05, 3.63) is 34.1 Å². The van der Waals surface area contributed by atoms with Crippen molar-refractivity contribution < 1.29 is 4.92 Å². The number of anilines is 1. The summed E-state index contributed by atoms with van der Waals surface area (Å²) in [4.78, 5) is 14.2. The summed E-state index contributed by atoms with van der Waals surface area (Å²) in [5, 5.41) is 13.7. The van der Waals surface area contributed by atoms with Gasteiger partial charge >= 0.3 is 5.82 Å². The van der Waals surface area contributed by atoms with Gasteiger partial charge in [-0.3, -0.25) is 4.40 Å². The van der Waals surface area contributed by atoms with Crippen LogP contribution in [0.2, 0.25) is 0 Å². The Kier molecular flexibility index (Phi) is 2.03. The second kappa shape index (κ2) is 3.23. The number of fused-ring (bicyclic) bond motifs is 1. The first-order valence-electron chi connectivity index (χ1n) is 4.45. The predicted octanol–water partition coefficient (Wildman–Crippen LogP) is 1.59. The molecular weight excluding hydrogens is 196 g/mol. The summed E-state index contributed by atoms with van der Waals surface area (Å²) in [6.07, 6.45) is 0. The van der Waals surface area contributed by atoms with Gasteiger partial charge in [0.25, 0.3) is 0 Å². The molecular formula is C9H10N4O2. The smallest absolute Gasteiger partial charge is 0.374 e. The molecule has 78 valence electrons. The molecule has 1 N–H and O–H groups in total. The van der Waals surface area contributed by atoms with E-state index < -0.39 is 4.92 Å². The first kappa shape index (κ1) is 9.45. The molecule has 0 radical (unpaired) electrons. The van der Waals surface area contributed by atoms with E-state index in [0.717, 1.165) is 5.82 Å². The maximum Gasteiger partial charge on any atom is 0.389 e. The van der Waals surface area contributed by atoms with Crippen LogP contribution < -0.4 is 5.32 Å². The third-order valence-corrected chi connectivity index (χ3v) is 2.24. The van der Waals surface area contributed by atoms with Crippen molar-refractivity contribution in [2.75, 3.05) is 12.4 Å². The second-order valence-corrected chi connectivity index (χ2v) is 3.12. The molecule has 0 bridgehead atoms. The first-order chi connectivity index (χ1) is 7.15. The lowest BCUT2D eigenvalue weighted by Gasteiger charge is -2.03. The number of aromatic nitrogens is 2. The summed E-state index contributed by atoms with van der Waals surface area (Å²) < 4.78 is 1.72. The van der Waals surface area contributed by atoms with Crippen LogP contribution in [0.25, 0.3) is 5.52 Å². The fourth-order valence-corrected chi connectivity index (χ4v) is 1.62. The maximum absolute atomic E-state index is 10.7. The highest BCUT2D eigenvalue weighted by Gasteiger charge is 2.20. The van der Waals surface area contributed by atoms with Crippen LogP contribution in [-0.2, 0) is 0 Å². The number of hydrogen-bond donors (Lipinski definition) is 1. The Morgan fingerprint density at radius 1 is 1.53 bits per heavy atom. The second-order valence-electron chi connectivity index (χ2n) is 3.12. The van der Waals surface area contributed by atoms with Crippen LogP contribution in [0.1, 0.15) is 5.82 Å². The molecule has 0 unspecified atom stereocenters. The van der Waals surface area contributed by atoms with Crippen LogP contribution in [0, 0.1) is 17.0 Å². The molecule has 2 heterocycles. The van der Waals surface area contributed by atoms with Gasteiger partial charge in [0.15, 0.2) is 0 Å². The molecule has 0 spiro atoms. The fourth-order valence-electron chi connectivity index (χ4n) is 1.62. The lowest BCUT2D eigenvalue weighted by atomic mass is 10.4. The molecule has 0 aromatic carbocycles. The number of rotatable bonds is 2. The van der Waals surface area contributed by atoms with E-state index in [-0.39, 0.29) is 5.82 Å². The van der Waals surface area contributed by atoms with Gasteiger partial charge in [-0.15, -0.1) is 0 Å². The Morgan fingerprint density at radius 2 is 2.27 bits per heavy atom. The standard InChI is InChI=1S/C9H10N4O2/c1-6-11-9(13(14)15)7-4-3-5-8(10-2)12(6)7/h3-5,10H,1-2H3. The van der Waals surface area contributed by atoms with E-state index >= 15 is 0 Å². The van der Waals surface area contributed by atoms with E-state index in [1.165, 1.54) is 0 Å². The molecule has 0 aliphatic heterocycles. The molecule has 2 aromatic rings. The van der Waals surface area contributed by atoms with Gasteiger partial charge in [0.2, 0.25) is 5.82 Å². The topological polar surface area (TPSA) is 72.5 Å². The molecule has 0 fully saturated rings. The summed E-state index contributed by atoms with van der Waals surface area (Å²) in [6.45, 7) is 1.74. The molecule has 6 nitrogen and oxygen atoms in total. The van der Waals surface area contributed by atoms with Crippen molar-refractivity contribution in [3.63, 3.8) is 0 Å². The number of imidazole rings is 1. The van der Waals surface area contributed by atoms with E-state index in [9.17, 15) is 10.1 Å². The zero-order valence-electron chi connectivity index (χ0n) is 8.39. The Hall–Kier alpha value is -2.11. The third-order valence-electron chi connectivity index (χ3n) is 2.24. The summed E-state index contributed by atoms with van der Waals surface area (Å²) >= 11 is 0. The van der Waals surface area contributed by atoms with Gasteiger partial charge in [-0.1, -0.05) is 6.07 Å². The fraction of sp³-hybridized carbons (Fsp3) is 0.222. The van der Waals surface area contributed by atoms with E-state index in [0.29, 0.717) is 11.3 Å². The van der Waals surface area contributed by atoms with Crippen molar-refractivity contribution in [1.29, 1.82) is 0 Å². The summed E-state index contributed by atoms with van der Waals surface area (Å²) in [5.41, 5.74) is 0.504. The molecule has 0 saturated heterocycles. The zero-order valence-corrected chi connectivity index (χ0v) is 8.39. The molecule has 0 atom stereocenters. The van der Waals surface area contributed by atoms with Crippen molar-refractivity contribution in [3.8, 4) is 0 Å². The summed E-state index contributed by atoms with van der Waals surface area (Å²) in [7, 11) is 1.76. The van der Waals surface area contributed by atoms with Crippen LogP contribution in [0.4, 0.5) is 11.6 Å². The van der Waals surface area contributed by atoms with Gasteiger partial charge in [-0.25, -0.2) is 0 Å². The Morgan fingerprint density at radius 3 is 2.87 bits per heavy atom. The van der Waals surface area contributed by atoms with Gasteiger partial charge in [-0.05, 0) is 22.0 Å². The van der Waals surface area contributed by atoms with Crippen molar-refractivity contribution >= 4 is 17.2 Å². The highest BCUT2D eigenvalue weighted by molar-refractivity contribution is 5.66. The van der Waals surface area contributed by atoms with Crippen LogP contribution in [0.15, 0.2) is 18.2 Å². The molecule has 2 rings (SSSR count). The SMILES string of the molecule is CNc1cccc2c([N+](=O)[O-])nc(C)n12. The van der Waals surface area contributed by atoms with Gasteiger partial charge in [0, 0.05) is 14.0 Å². The number of hydrogen-bond acceptors (Lipinski definition) is 4. The molecule has 0 aliphatic rings. The normalized spacial score (nSPS) is 10.5. The van der Waals surface area contributed by atoms with E-state index in [1.807, 2.05) is 6.07 Å². The van der Waals surface area contributed by atoms with Crippen molar-refractivity contribution in [2.45, 2.75) is 6.92 Å². The quantitative estimate of drug-likeness (QED) is 0.598. The summed E-state index contributed by atoms with van der Waals surface area (Å²) in [6, 6.07) is 5.28. The molecule has 0 aliphatic carbocycles. The van der Waals surface area contributed by atoms with Crippen molar-refractivity contribution in [2.24, 2.45) is 0 Å². The first-order valence-corrected chi connectivity index (χ1v) is 4.45. The zero-order chi connectivity index (χ0) is 11.0. The van der Waals surface area contributed by atoms with E-state index in [1.54, 1.807) is 30.5 Å². The molecule has 15 heavy (non-hydrogen) atoms. The molecule has 6 heteroatoms. The van der Waals surface area contributed by atoms with Crippen LogP contribution >= 0.6 is 0 Å². The molecule has 0 amide bonds. The van der Waals surface area contributed by atoms with Crippen LogP contribution in [-0.4, -0.2) is 21.4 Å². The number of nitro groups is 1. The maximum atomic E-state index is 10.7. The van der Waals surface area contributed by atoms with E-state index in [4.69, 9.17) is 0 Å². The number of nitrogens with one attached hydrogen (secondary N) is 1. The lowest BCUT2D eigenvalue weighted by molar-refractivity contribution is -0.387. The average molecular weight is 206 g/mol. The highest BCUT2D eigenvalue weighted by atomic mass is 16.6. The van der Waals surface area contributed by atoms with Crippen LogP contribution in [0.3, 0.4) is 0 Å². The number of nitrogens with zero attached hydrogens (tertiary/aromatic N) is 3. The minimum absolute atomic E-state index is 0.107. The van der Waals surface area contributed by atoms with Crippen molar-refractivity contribution in [1.82, 2.24) is 9.38 Å². The minimum atomic E-state index is -0.470. The number of aryl methyl sites for hydroxylation is 1. The van der Waals surface area contributed by atoms with Crippen LogP contribution in [0.5, 0.6) is 0 Å². The third kappa shape index (κ3) is 1.30. The monoisotopic (exact) mass is 206 g/mol. The summed E-state index contributed by atoms with van der Waals surface area (Å²) in [5.74, 6) is 1.27. The largest absolute Gasteiger partial charge is 0.389 e. The Bertz CT molecular complexity index is 532. The Labute approximate surface area is 85.7 Å². The number of pyridine rings is 1. The van der Waals surface area contributed by atoms with Gasteiger partial charge in [0.1, 0.15) is 11.3 Å². The predicted molar refractivity (Wildman–Crippen MR) is 56.1 cm³/mol. The lowest BCUT2D eigenvalue weighted by Crippen LogP contribution is -1.98. The molecule has 2 aromatic heterocycles. The average Bonchev–Trinajstić information content (AvgIpc) is 2.56. The van der Waals surface area contributed by atoms with Gasteiger partial charge < -0.3 is 15.4 Å². The minimum Gasteiger partial charge on any atom is -0.374 e. The Balaban J connectivity index is 2.85. The van der Waals surface area contributed by atoms with Gasteiger partial charge in [-0.2, -0.15) is 0 Å². The van der Waals surface area contributed by atoms with E-state index in [2.05, 4.69) is 10.3 Å². The molecule has 0 saturated carbocycles.